The molecule has 42 heavy (non-hydrogen) atoms. The van der Waals surface area contributed by atoms with E-state index in [9.17, 15) is 14.7 Å². The number of benzene rings is 4. The first-order valence-corrected chi connectivity index (χ1v) is 14.4. The Kier molecular flexibility index (Phi) is 8.00. The Morgan fingerprint density at radius 3 is 2.31 bits per heavy atom. The zero-order chi connectivity index (χ0) is 28.9. The lowest BCUT2D eigenvalue weighted by Crippen LogP contribution is -2.41. The van der Waals surface area contributed by atoms with Crippen molar-refractivity contribution in [3.8, 4) is 11.1 Å². The van der Waals surface area contributed by atoms with Crippen LogP contribution >= 0.6 is 0 Å². The van der Waals surface area contributed by atoms with Gasteiger partial charge in [-0.15, -0.1) is 0 Å². The summed E-state index contributed by atoms with van der Waals surface area (Å²) in [5.41, 5.74) is 6.58. The number of carbonyl (C=O) groups excluding carboxylic acids is 1. The molecule has 1 aromatic heterocycles. The molecule has 2 atom stereocenters. The van der Waals surface area contributed by atoms with Crippen LogP contribution in [-0.4, -0.2) is 21.9 Å². The number of furan rings is 1. The molecule has 1 amide bonds. The Labute approximate surface area is 246 Å². The molecule has 210 valence electrons. The Hall–Kier alpha value is -4.90. The third-order valence-corrected chi connectivity index (χ3v) is 8.23. The number of hydrogen-bond donors (Lipinski definition) is 1. The van der Waals surface area contributed by atoms with Crippen LogP contribution in [0, 0.1) is 5.92 Å². The number of carboxylic acid groups (broad SMARTS) is 1. The van der Waals surface area contributed by atoms with Gasteiger partial charge in [0.05, 0.1) is 30.8 Å². The standard InChI is InChI=1S/C37H33NO4/c39-35(23-27-11-6-13-29(22-27)30-14-7-15-32(24-30)37(40)41)38(25-33-16-8-20-42-33)36-31(21-26-9-2-1-3-10-26)19-18-28-12-4-5-17-34(28)36/h1-17,20,22,24,31,36H,18-19,21,23,25H2,(H,40,41). The second-order valence-corrected chi connectivity index (χ2v) is 11.0. The minimum Gasteiger partial charge on any atom is -0.478 e. The lowest BCUT2D eigenvalue weighted by atomic mass is 9.76. The van der Waals surface area contributed by atoms with Crippen molar-refractivity contribution in [3.05, 3.63) is 155 Å². The zero-order valence-corrected chi connectivity index (χ0v) is 23.4. The van der Waals surface area contributed by atoms with Crippen LogP contribution in [0.25, 0.3) is 11.1 Å². The summed E-state index contributed by atoms with van der Waals surface area (Å²) >= 11 is 0. The van der Waals surface area contributed by atoms with Gasteiger partial charge in [0.1, 0.15) is 5.76 Å². The fraction of sp³-hybridized carbons (Fsp3) is 0.189. The van der Waals surface area contributed by atoms with E-state index in [4.69, 9.17) is 4.42 Å². The maximum Gasteiger partial charge on any atom is 0.335 e. The Balaban J connectivity index is 1.34. The maximum atomic E-state index is 14.3. The minimum atomic E-state index is -0.963. The van der Waals surface area contributed by atoms with Gasteiger partial charge in [-0.1, -0.05) is 91.0 Å². The summed E-state index contributed by atoms with van der Waals surface area (Å²) in [5.74, 6) is 0.0765. The molecule has 0 saturated heterocycles. The predicted molar refractivity (Wildman–Crippen MR) is 163 cm³/mol. The highest BCUT2D eigenvalue weighted by Gasteiger charge is 2.36. The minimum absolute atomic E-state index is 0.0302. The van der Waals surface area contributed by atoms with E-state index in [-0.39, 0.29) is 29.9 Å². The number of carbonyl (C=O) groups is 2. The topological polar surface area (TPSA) is 70.8 Å². The van der Waals surface area contributed by atoms with Crippen molar-refractivity contribution in [1.29, 1.82) is 0 Å². The molecule has 1 aliphatic carbocycles. The first-order chi connectivity index (χ1) is 20.5. The fourth-order valence-electron chi connectivity index (χ4n) is 6.24. The van der Waals surface area contributed by atoms with Crippen molar-refractivity contribution in [1.82, 2.24) is 4.90 Å². The zero-order valence-electron chi connectivity index (χ0n) is 23.4. The summed E-state index contributed by atoms with van der Waals surface area (Å²) in [7, 11) is 0. The lowest BCUT2D eigenvalue weighted by molar-refractivity contribution is -0.135. The predicted octanol–water partition coefficient (Wildman–Crippen LogP) is 7.76. The van der Waals surface area contributed by atoms with Crippen LogP contribution in [0.4, 0.5) is 0 Å². The monoisotopic (exact) mass is 555 g/mol. The molecule has 2 unspecified atom stereocenters. The molecule has 0 aliphatic heterocycles. The number of fused-ring (bicyclic) bond motifs is 1. The molecule has 0 saturated carbocycles. The molecular weight excluding hydrogens is 522 g/mol. The molecule has 5 aromatic rings. The van der Waals surface area contributed by atoms with Gasteiger partial charge in [0, 0.05) is 0 Å². The Morgan fingerprint density at radius 1 is 0.786 bits per heavy atom. The molecule has 1 heterocycles. The van der Waals surface area contributed by atoms with Crippen molar-refractivity contribution in [2.24, 2.45) is 5.92 Å². The highest BCUT2D eigenvalue weighted by Crippen LogP contribution is 2.41. The van der Waals surface area contributed by atoms with Gasteiger partial charge >= 0.3 is 5.97 Å². The van der Waals surface area contributed by atoms with E-state index in [1.807, 2.05) is 53.4 Å². The average Bonchev–Trinajstić information content (AvgIpc) is 3.54. The number of aryl methyl sites for hydroxylation is 1. The summed E-state index contributed by atoms with van der Waals surface area (Å²) in [6.45, 7) is 0.385. The number of carboxylic acids is 1. The van der Waals surface area contributed by atoms with Crippen molar-refractivity contribution < 1.29 is 19.1 Å². The first kappa shape index (κ1) is 27.3. The number of aromatic carboxylic acids is 1. The maximum absolute atomic E-state index is 14.3. The molecule has 6 rings (SSSR count). The van der Waals surface area contributed by atoms with Gasteiger partial charge in [0.25, 0.3) is 0 Å². The van der Waals surface area contributed by atoms with Gasteiger partial charge in [-0.2, -0.15) is 0 Å². The largest absolute Gasteiger partial charge is 0.478 e. The highest BCUT2D eigenvalue weighted by molar-refractivity contribution is 5.89. The summed E-state index contributed by atoms with van der Waals surface area (Å²) in [5, 5.41) is 9.45. The molecule has 1 aliphatic rings. The molecule has 1 N–H and O–H groups in total. The van der Waals surface area contributed by atoms with Crippen LogP contribution in [0.5, 0.6) is 0 Å². The van der Waals surface area contributed by atoms with Gasteiger partial charge in [0.2, 0.25) is 5.91 Å². The number of nitrogens with zero attached hydrogens (tertiary/aromatic N) is 1. The van der Waals surface area contributed by atoms with Crippen LogP contribution in [-0.2, 0) is 30.6 Å². The molecule has 5 nitrogen and oxygen atoms in total. The molecular formula is C37H33NO4. The van der Waals surface area contributed by atoms with E-state index in [1.54, 1.807) is 24.5 Å². The van der Waals surface area contributed by atoms with E-state index in [2.05, 4.69) is 48.5 Å². The Morgan fingerprint density at radius 2 is 1.52 bits per heavy atom. The van der Waals surface area contributed by atoms with Gasteiger partial charge in [-0.3, -0.25) is 4.79 Å². The van der Waals surface area contributed by atoms with E-state index in [1.165, 1.54) is 16.7 Å². The number of amides is 1. The van der Waals surface area contributed by atoms with Gasteiger partial charge in [0.15, 0.2) is 0 Å². The second-order valence-electron chi connectivity index (χ2n) is 11.0. The van der Waals surface area contributed by atoms with Crippen molar-refractivity contribution >= 4 is 11.9 Å². The normalized spacial score (nSPS) is 16.0. The van der Waals surface area contributed by atoms with Crippen LogP contribution in [0.3, 0.4) is 0 Å². The highest BCUT2D eigenvalue weighted by atomic mass is 16.4. The van der Waals surface area contributed by atoms with Crippen LogP contribution in [0.1, 0.15) is 50.8 Å². The van der Waals surface area contributed by atoms with Crippen LogP contribution in [0.15, 0.2) is 126 Å². The van der Waals surface area contributed by atoms with Gasteiger partial charge in [-0.25, -0.2) is 4.79 Å². The molecule has 0 bridgehead atoms. The van der Waals surface area contributed by atoms with Crippen molar-refractivity contribution in [3.63, 3.8) is 0 Å². The average molecular weight is 556 g/mol. The van der Waals surface area contributed by atoms with Crippen molar-refractivity contribution in [2.45, 2.75) is 38.3 Å². The van der Waals surface area contributed by atoms with Crippen LogP contribution in [0.2, 0.25) is 0 Å². The van der Waals surface area contributed by atoms with E-state index in [0.717, 1.165) is 41.7 Å². The molecule has 0 spiro atoms. The summed E-state index contributed by atoms with van der Waals surface area (Å²) in [6, 6.07) is 37.4. The van der Waals surface area contributed by atoms with E-state index >= 15 is 0 Å². The fourth-order valence-corrected chi connectivity index (χ4v) is 6.24. The van der Waals surface area contributed by atoms with E-state index in [0.29, 0.717) is 6.54 Å². The molecule has 5 heteroatoms. The third kappa shape index (κ3) is 6.06. The molecule has 0 fully saturated rings. The molecule has 0 radical (unpaired) electrons. The number of rotatable bonds is 9. The smallest absolute Gasteiger partial charge is 0.335 e. The third-order valence-electron chi connectivity index (χ3n) is 8.23. The second kappa shape index (κ2) is 12.3. The van der Waals surface area contributed by atoms with Crippen molar-refractivity contribution in [2.75, 3.05) is 0 Å². The Bertz CT molecular complexity index is 1680. The van der Waals surface area contributed by atoms with E-state index < -0.39 is 5.97 Å². The lowest BCUT2D eigenvalue weighted by Gasteiger charge is -2.41. The SMILES string of the molecule is O=C(O)c1cccc(-c2cccc(CC(=O)N(Cc3ccco3)C3c4ccccc4CCC3Cc3ccccc3)c2)c1. The van der Waals surface area contributed by atoms with Gasteiger partial charge < -0.3 is 14.4 Å². The summed E-state index contributed by atoms with van der Waals surface area (Å²) in [4.78, 5) is 27.9. The van der Waals surface area contributed by atoms with Gasteiger partial charge in [-0.05, 0) is 82.8 Å². The summed E-state index contributed by atoms with van der Waals surface area (Å²) < 4.78 is 5.76. The molecule has 4 aromatic carbocycles. The quantitative estimate of drug-likeness (QED) is 0.202. The summed E-state index contributed by atoms with van der Waals surface area (Å²) in [6.07, 6.45) is 4.75. The first-order valence-electron chi connectivity index (χ1n) is 14.4. The van der Waals surface area contributed by atoms with Crippen LogP contribution < -0.4 is 0 Å². The number of hydrogen-bond acceptors (Lipinski definition) is 3.